The second-order valence-electron chi connectivity index (χ2n) is 3.01. The third-order valence-electron chi connectivity index (χ3n) is 2.03. The van der Waals surface area contributed by atoms with Crippen LogP contribution in [0.4, 0.5) is 5.69 Å². The molecule has 0 saturated carbocycles. The van der Waals surface area contributed by atoms with Gasteiger partial charge in [0, 0.05) is 6.07 Å². The minimum Gasteiger partial charge on any atom is -0.496 e. The Morgan fingerprint density at radius 1 is 1.53 bits per heavy atom. The maximum absolute atomic E-state index is 10.6. The van der Waals surface area contributed by atoms with Gasteiger partial charge in [0.05, 0.1) is 23.7 Å². The number of hydrogen-bond acceptors (Lipinski definition) is 6. The van der Waals surface area contributed by atoms with Crippen LogP contribution in [0.15, 0.2) is 22.7 Å². The van der Waals surface area contributed by atoms with Crippen LogP contribution in [0.5, 0.6) is 5.75 Å². The summed E-state index contributed by atoms with van der Waals surface area (Å²) in [6, 6.07) is 4.05. The summed E-state index contributed by atoms with van der Waals surface area (Å²) in [5, 5.41) is 14.0. The number of nitrogens with zero attached hydrogens (tertiary/aromatic N) is 3. The lowest BCUT2D eigenvalue weighted by Crippen LogP contribution is -1.92. The van der Waals surface area contributed by atoms with Crippen LogP contribution in [0, 0.1) is 10.1 Å². The number of benzene rings is 1. The second-order valence-corrected chi connectivity index (χ2v) is 3.35. The zero-order valence-corrected chi connectivity index (χ0v) is 9.34. The molecular weight excluding hydrogens is 250 g/mol. The number of methoxy groups -OCH3 is 1. The van der Waals surface area contributed by atoms with Crippen molar-refractivity contribution >= 4 is 17.3 Å². The molecule has 0 unspecified atom stereocenters. The number of halogens is 1. The van der Waals surface area contributed by atoms with Gasteiger partial charge in [-0.2, -0.15) is 4.98 Å². The molecule has 1 aromatic heterocycles. The molecule has 7 nitrogen and oxygen atoms in total. The molecule has 0 bridgehead atoms. The van der Waals surface area contributed by atoms with Gasteiger partial charge in [0.25, 0.3) is 16.9 Å². The first-order valence-corrected chi connectivity index (χ1v) is 4.81. The molecule has 17 heavy (non-hydrogen) atoms. The van der Waals surface area contributed by atoms with Crippen LogP contribution in [-0.4, -0.2) is 22.2 Å². The number of ether oxygens (including phenoxy) is 1. The van der Waals surface area contributed by atoms with Gasteiger partial charge in [-0.3, -0.25) is 10.1 Å². The maximum Gasteiger partial charge on any atom is 0.273 e. The van der Waals surface area contributed by atoms with E-state index in [-0.39, 0.29) is 22.6 Å². The molecular formula is C9H6ClN3O4. The fourth-order valence-corrected chi connectivity index (χ4v) is 1.40. The molecule has 88 valence electrons. The van der Waals surface area contributed by atoms with Crippen LogP contribution in [0.2, 0.25) is 5.28 Å². The first-order valence-electron chi connectivity index (χ1n) is 4.44. The predicted octanol–water partition coefficient (Wildman–Crippen LogP) is 2.31. The average Bonchev–Trinajstić information content (AvgIpc) is 2.74. The standard InChI is InChI=1S/C9H6ClN3O4/c1-16-7-4-5(13(14)15)2-3-6(7)8-11-9(10)12-17-8/h2-4H,1H3. The van der Waals surface area contributed by atoms with Gasteiger partial charge in [0.2, 0.25) is 0 Å². The molecule has 0 saturated heterocycles. The fourth-order valence-electron chi connectivity index (χ4n) is 1.29. The molecule has 0 aliphatic rings. The highest BCUT2D eigenvalue weighted by Crippen LogP contribution is 2.32. The third-order valence-corrected chi connectivity index (χ3v) is 2.18. The fraction of sp³-hybridized carbons (Fsp3) is 0.111. The van der Waals surface area contributed by atoms with Crippen LogP contribution >= 0.6 is 11.6 Å². The zero-order chi connectivity index (χ0) is 12.4. The molecule has 1 heterocycles. The highest BCUT2D eigenvalue weighted by Gasteiger charge is 2.16. The first-order chi connectivity index (χ1) is 8.11. The lowest BCUT2D eigenvalue weighted by molar-refractivity contribution is -0.384. The van der Waals surface area contributed by atoms with Crippen molar-refractivity contribution in [2.24, 2.45) is 0 Å². The number of aromatic nitrogens is 2. The van der Waals surface area contributed by atoms with Crippen molar-refractivity contribution in [3.8, 4) is 17.2 Å². The van der Waals surface area contributed by atoms with E-state index in [1.165, 1.54) is 25.3 Å². The van der Waals surface area contributed by atoms with E-state index >= 15 is 0 Å². The van der Waals surface area contributed by atoms with Gasteiger partial charge in [-0.25, -0.2) is 0 Å². The number of rotatable bonds is 3. The van der Waals surface area contributed by atoms with E-state index in [4.69, 9.17) is 20.9 Å². The van der Waals surface area contributed by atoms with E-state index in [0.29, 0.717) is 5.56 Å². The maximum atomic E-state index is 10.6. The van der Waals surface area contributed by atoms with Gasteiger partial charge in [-0.1, -0.05) is 0 Å². The first kappa shape index (κ1) is 11.3. The molecule has 8 heteroatoms. The van der Waals surface area contributed by atoms with Gasteiger partial charge in [0.15, 0.2) is 0 Å². The number of hydrogen-bond donors (Lipinski definition) is 0. The Kier molecular flexibility index (Phi) is 2.92. The summed E-state index contributed by atoms with van der Waals surface area (Å²) >= 11 is 5.52. The van der Waals surface area contributed by atoms with Crippen molar-refractivity contribution in [2.75, 3.05) is 7.11 Å². The molecule has 0 aliphatic heterocycles. The van der Waals surface area contributed by atoms with Crippen LogP contribution < -0.4 is 4.74 Å². The molecule has 0 atom stereocenters. The Balaban J connectivity index is 2.51. The monoisotopic (exact) mass is 255 g/mol. The molecule has 0 N–H and O–H groups in total. The summed E-state index contributed by atoms with van der Waals surface area (Å²) in [6.07, 6.45) is 0. The van der Waals surface area contributed by atoms with Crippen LogP contribution in [0.3, 0.4) is 0 Å². The Hall–Kier alpha value is -2.15. The van der Waals surface area contributed by atoms with Crippen molar-refractivity contribution in [1.82, 2.24) is 10.1 Å². The highest BCUT2D eigenvalue weighted by molar-refractivity contribution is 6.28. The van der Waals surface area contributed by atoms with Crippen molar-refractivity contribution < 1.29 is 14.2 Å². The lowest BCUT2D eigenvalue weighted by Gasteiger charge is -2.03. The van der Waals surface area contributed by atoms with Crippen molar-refractivity contribution in [1.29, 1.82) is 0 Å². The molecule has 2 aromatic rings. The summed E-state index contributed by atoms with van der Waals surface area (Å²) in [4.78, 5) is 13.9. The summed E-state index contributed by atoms with van der Waals surface area (Å²) < 4.78 is 9.87. The number of nitro groups is 1. The quantitative estimate of drug-likeness (QED) is 0.617. The summed E-state index contributed by atoms with van der Waals surface area (Å²) in [5.41, 5.74) is 0.355. The van der Waals surface area contributed by atoms with E-state index in [9.17, 15) is 10.1 Å². The SMILES string of the molecule is COc1cc([N+](=O)[O-])ccc1-c1nc(Cl)no1. The minimum absolute atomic E-state index is 0.0413. The molecule has 0 spiro atoms. The van der Waals surface area contributed by atoms with Crippen LogP contribution in [0.25, 0.3) is 11.5 Å². The summed E-state index contributed by atoms with van der Waals surface area (Å²) in [6.45, 7) is 0. The Labute approximate surface area is 100 Å². The van der Waals surface area contributed by atoms with E-state index < -0.39 is 4.92 Å². The van der Waals surface area contributed by atoms with Gasteiger partial charge in [0.1, 0.15) is 5.75 Å². The van der Waals surface area contributed by atoms with Crippen LogP contribution in [0.1, 0.15) is 0 Å². The Morgan fingerprint density at radius 2 is 2.29 bits per heavy atom. The molecule has 2 rings (SSSR count). The van der Waals surface area contributed by atoms with E-state index in [0.717, 1.165) is 0 Å². The van der Waals surface area contributed by atoms with Crippen LogP contribution in [-0.2, 0) is 0 Å². The lowest BCUT2D eigenvalue weighted by atomic mass is 10.2. The van der Waals surface area contributed by atoms with E-state index in [1.807, 2.05) is 0 Å². The smallest absolute Gasteiger partial charge is 0.273 e. The second kappa shape index (κ2) is 4.38. The number of non-ortho nitro benzene ring substituents is 1. The molecule has 1 aromatic carbocycles. The van der Waals surface area contributed by atoms with E-state index in [2.05, 4.69) is 10.1 Å². The largest absolute Gasteiger partial charge is 0.496 e. The topological polar surface area (TPSA) is 91.3 Å². The molecule has 0 amide bonds. The molecule has 0 aliphatic carbocycles. The molecule has 0 fully saturated rings. The third kappa shape index (κ3) is 2.18. The Bertz CT molecular complexity index is 569. The van der Waals surface area contributed by atoms with Gasteiger partial charge < -0.3 is 9.26 Å². The van der Waals surface area contributed by atoms with Gasteiger partial charge >= 0.3 is 0 Å². The predicted molar refractivity (Wildman–Crippen MR) is 58.0 cm³/mol. The normalized spacial score (nSPS) is 10.2. The highest BCUT2D eigenvalue weighted by atomic mass is 35.5. The van der Waals surface area contributed by atoms with Crippen molar-refractivity contribution in [3.05, 3.63) is 33.6 Å². The zero-order valence-electron chi connectivity index (χ0n) is 8.58. The van der Waals surface area contributed by atoms with E-state index in [1.54, 1.807) is 0 Å². The van der Waals surface area contributed by atoms with Crippen molar-refractivity contribution in [2.45, 2.75) is 0 Å². The van der Waals surface area contributed by atoms with Crippen molar-refractivity contribution in [3.63, 3.8) is 0 Å². The summed E-state index contributed by atoms with van der Waals surface area (Å²) in [7, 11) is 1.39. The minimum atomic E-state index is -0.521. The Morgan fingerprint density at radius 3 is 2.82 bits per heavy atom. The average molecular weight is 256 g/mol. The number of nitro benzene ring substituents is 1. The molecule has 0 radical (unpaired) electrons. The summed E-state index contributed by atoms with van der Waals surface area (Å²) in [5.74, 6) is 0.404. The van der Waals surface area contributed by atoms with Gasteiger partial charge in [-0.05, 0) is 22.8 Å². The van der Waals surface area contributed by atoms with Gasteiger partial charge in [-0.15, -0.1) is 0 Å².